The highest BCUT2D eigenvalue weighted by atomic mass is 16.5. The number of ether oxygens (including phenoxy) is 1. The number of fused-ring (bicyclic) bond motifs is 1. The molecule has 6 nitrogen and oxygen atoms in total. The van der Waals surface area contributed by atoms with E-state index in [2.05, 4.69) is 11.6 Å². The van der Waals surface area contributed by atoms with Gasteiger partial charge in [-0.1, -0.05) is 24.8 Å². The van der Waals surface area contributed by atoms with E-state index >= 15 is 0 Å². The quantitative estimate of drug-likeness (QED) is 0.817. The van der Waals surface area contributed by atoms with Crippen molar-refractivity contribution in [1.82, 2.24) is 14.8 Å². The molecule has 0 saturated carbocycles. The zero-order chi connectivity index (χ0) is 19.7. The molecule has 2 amide bonds. The normalized spacial score (nSPS) is 13.0. The monoisotopic (exact) mass is 365 g/mol. The Morgan fingerprint density at radius 3 is 2.56 bits per heavy atom. The van der Waals surface area contributed by atoms with E-state index in [0.717, 1.165) is 28.1 Å². The minimum Gasteiger partial charge on any atom is -0.496 e. The van der Waals surface area contributed by atoms with Gasteiger partial charge in [-0.15, -0.1) is 0 Å². The van der Waals surface area contributed by atoms with Gasteiger partial charge in [0.05, 0.1) is 19.3 Å². The number of likely N-dealkylation sites (N-methyl/N-ethyl adjacent to an activating group) is 1. The summed E-state index contributed by atoms with van der Waals surface area (Å²) in [5.74, 6) is 0.404. The first kappa shape index (κ1) is 18.6. The highest BCUT2D eigenvalue weighted by Gasteiger charge is 2.32. The maximum atomic E-state index is 12.7. The smallest absolute Gasteiger partial charge is 0.259 e. The van der Waals surface area contributed by atoms with Crippen LogP contribution in [-0.4, -0.2) is 47.3 Å². The van der Waals surface area contributed by atoms with Gasteiger partial charge in [0, 0.05) is 41.2 Å². The fourth-order valence-electron chi connectivity index (χ4n) is 3.30. The van der Waals surface area contributed by atoms with Gasteiger partial charge >= 0.3 is 0 Å². The summed E-state index contributed by atoms with van der Waals surface area (Å²) in [5, 5.41) is 0. The first-order valence-corrected chi connectivity index (χ1v) is 8.68. The molecule has 0 N–H and O–H groups in total. The lowest BCUT2D eigenvalue weighted by Gasteiger charge is -2.23. The Balaban J connectivity index is 1.73. The minimum absolute atomic E-state index is 0.0507. The number of rotatable bonds is 5. The molecule has 1 aliphatic heterocycles. The summed E-state index contributed by atoms with van der Waals surface area (Å²) in [7, 11) is 3.32. The van der Waals surface area contributed by atoms with Crippen molar-refractivity contribution < 1.29 is 14.3 Å². The highest BCUT2D eigenvalue weighted by Crippen LogP contribution is 2.31. The van der Waals surface area contributed by atoms with Crippen LogP contribution in [0.4, 0.5) is 0 Å². The van der Waals surface area contributed by atoms with Crippen LogP contribution in [0.15, 0.2) is 37.0 Å². The van der Waals surface area contributed by atoms with E-state index in [1.165, 1.54) is 4.90 Å². The summed E-state index contributed by atoms with van der Waals surface area (Å²) in [6.45, 7) is 8.12. The second kappa shape index (κ2) is 7.23. The number of aryl methyl sites for hydroxylation is 1. The average molecular weight is 365 g/mol. The standard InChI is InChI=1S/C21H23N3O3/c1-13-10-22-18(14(2)20(13)27-5)11-23(4)19(25)12-24-15(3)16-8-6-7-9-17(16)21(24)26/h6-10H,3,11-12H2,1-2,4-5H3. The van der Waals surface area contributed by atoms with E-state index in [9.17, 15) is 9.59 Å². The first-order chi connectivity index (χ1) is 12.8. The molecule has 0 spiro atoms. The third kappa shape index (κ3) is 3.30. The van der Waals surface area contributed by atoms with Crippen molar-refractivity contribution in [3.63, 3.8) is 0 Å². The number of amides is 2. The van der Waals surface area contributed by atoms with Crippen LogP contribution in [0, 0.1) is 13.8 Å². The number of pyridine rings is 1. The second-order valence-corrected chi connectivity index (χ2v) is 6.68. The molecule has 2 heterocycles. The maximum absolute atomic E-state index is 12.7. The molecule has 140 valence electrons. The molecule has 0 fully saturated rings. The summed E-state index contributed by atoms with van der Waals surface area (Å²) in [6.07, 6.45) is 1.74. The van der Waals surface area contributed by atoms with Crippen molar-refractivity contribution in [3.05, 3.63) is 65.0 Å². The topological polar surface area (TPSA) is 62.7 Å². The Bertz CT molecular complexity index is 901. The molecule has 1 aromatic carbocycles. The van der Waals surface area contributed by atoms with E-state index in [1.54, 1.807) is 37.4 Å². The Morgan fingerprint density at radius 2 is 1.93 bits per heavy atom. The van der Waals surface area contributed by atoms with Crippen LogP contribution in [0.25, 0.3) is 5.70 Å². The lowest BCUT2D eigenvalue weighted by atomic mass is 10.1. The van der Waals surface area contributed by atoms with Crippen LogP contribution >= 0.6 is 0 Å². The van der Waals surface area contributed by atoms with Gasteiger partial charge in [-0.05, 0) is 19.9 Å². The molecule has 0 saturated heterocycles. The second-order valence-electron chi connectivity index (χ2n) is 6.68. The average Bonchev–Trinajstić information content (AvgIpc) is 2.89. The number of carbonyl (C=O) groups excluding carboxylic acids is 2. The Hall–Kier alpha value is -3.15. The predicted molar refractivity (Wildman–Crippen MR) is 103 cm³/mol. The summed E-state index contributed by atoms with van der Waals surface area (Å²) < 4.78 is 5.42. The van der Waals surface area contributed by atoms with E-state index in [1.807, 2.05) is 26.0 Å². The van der Waals surface area contributed by atoms with Crippen LogP contribution in [0.3, 0.4) is 0 Å². The third-order valence-electron chi connectivity index (χ3n) is 4.90. The van der Waals surface area contributed by atoms with Gasteiger partial charge in [-0.3, -0.25) is 19.5 Å². The summed E-state index contributed by atoms with van der Waals surface area (Å²) in [4.78, 5) is 32.7. The van der Waals surface area contributed by atoms with Crippen LogP contribution in [-0.2, 0) is 11.3 Å². The molecule has 27 heavy (non-hydrogen) atoms. The van der Waals surface area contributed by atoms with Gasteiger partial charge in [0.1, 0.15) is 12.3 Å². The predicted octanol–water partition coefficient (Wildman–Crippen LogP) is 2.79. The molecule has 6 heteroatoms. The fourth-order valence-corrected chi connectivity index (χ4v) is 3.30. The number of carbonyl (C=O) groups is 2. The molecule has 0 unspecified atom stereocenters. The summed E-state index contributed by atoms with van der Waals surface area (Å²) in [6, 6.07) is 7.26. The molecule has 0 aliphatic carbocycles. The minimum atomic E-state index is -0.191. The molecule has 0 radical (unpaired) electrons. The molecular weight excluding hydrogens is 342 g/mol. The van der Waals surface area contributed by atoms with Gasteiger partial charge in [-0.25, -0.2) is 0 Å². The number of hydrogen-bond donors (Lipinski definition) is 0. The highest BCUT2D eigenvalue weighted by molar-refractivity contribution is 6.10. The fraction of sp³-hybridized carbons (Fsp3) is 0.286. The van der Waals surface area contributed by atoms with Gasteiger partial charge in [0.25, 0.3) is 5.91 Å². The SMILES string of the molecule is C=C1c2ccccc2C(=O)N1CC(=O)N(C)Cc1ncc(C)c(OC)c1C. The molecule has 0 bridgehead atoms. The third-order valence-corrected chi connectivity index (χ3v) is 4.90. The first-order valence-electron chi connectivity index (χ1n) is 8.68. The maximum Gasteiger partial charge on any atom is 0.259 e. The van der Waals surface area contributed by atoms with E-state index in [-0.39, 0.29) is 18.4 Å². The summed E-state index contributed by atoms with van der Waals surface area (Å²) in [5.41, 5.74) is 4.54. The number of hydrogen-bond acceptors (Lipinski definition) is 4. The lowest BCUT2D eigenvalue weighted by Crippen LogP contribution is -2.38. The van der Waals surface area contributed by atoms with Crippen molar-refractivity contribution in [2.45, 2.75) is 20.4 Å². The van der Waals surface area contributed by atoms with Crippen molar-refractivity contribution >= 4 is 17.5 Å². The van der Waals surface area contributed by atoms with E-state index < -0.39 is 0 Å². The molecule has 0 atom stereocenters. The van der Waals surface area contributed by atoms with Gasteiger partial charge < -0.3 is 9.64 Å². The number of methoxy groups -OCH3 is 1. The van der Waals surface area contributed by atoms with Crippen LogP contribution in [0.1, 0.15) is 32.7 Å². The number of benzene rings is 1. The Labute approximate surface area is 159 Å². The van der Waals surface area contributed by atoms with E-state index in [4.69, 9.17) is 4.74 Å². The van der Waals surface area contributed by atoms with E-state index in [0.29, 0.717) is 17.8 Å². The number of aromatic nitrogens is 1. The van der Waals surface area contributed by atoms with Crippen molar-refractivity contribution in [1.29, 1.82) is 0 Å². The molecule has 1 aliphatic rings. The van der Waals surface area contributed by atoms with Crippen molar-refractivity contribution in [3.8, 4) is 5.75 Å². The summed E-state index contributed by atoms with van der Waals surface area (Å²) >= 11 is 0. The Kier molecular flexibility index (Phi) is 4.99. The Morgan fingerprint density at radius 1 is 1.26 bits per heavy atom. The van der Waals surface area contributed by atoms with Gasteiger partial charge in [-0.2, -0.15) is 0 Å². The van der Waals surface area contributed by atoms with Crippen molar-refractivity contribution in [2.24, 2.45) is 0 Å². The molecular formula is C21H23N3O3. The largest absolute Gasteiger partial charge is 0.496 e. The number of nitrogens with zero attached hydrogens (tertiary/aromatic N) is 3. The van der Waals surface area contributed by atoms with Crippen LogP contribution < -0.4 is 4.74 Å². The molecule has 2 aromatic rings. The van der Waals surface area contributed by atoms with Gasteiger partial charge in [0.2, 0.25) is 5.91 Å². The van der Waals surface area contributed by atoms with Crippen LogP contribution in [0.2, 0.25) is 0 Å². The molecule has 3 rings (SSSR count). The van der Waals surface area contributed by atoms with Crippen molar-refractivity contribution in [2.75, 3.05) is 20.7 Å². The van der Waals surface area contributed by atoms with Gasteiger partial charge in [0.15, 0.2) is 0 Å². The zero-order valence-corrected chi connectivity index (χ0v) is 16.1. The lowest BCUT2D eigenvalue weighted by molar-refractivity contribution is -0.130. The zero-order valence-electron chi connectivity index (χ0n) is 16.1. The van der Waals surface area contributed by atoms with Crippen LogP contribution in [0.5, 0.6) is 5.75 Å². The molecule has 1 aromatic heterocycles.